The number of nitrogens with one attached hydrogen (secondary N) is 1. The van der Waals surface area contributed by atoms with Crippen molar-refractivity contribution in [3.63, 3.8) is 0 Å². The Morgan fingerprint density at radius 2 is 2.50 bits per heavy atom. The molecule has 2 rings (SSSR count). The fourth-order valence-corrected chi connectivity index (χ4v) is 1.84. The normalized spacial score (nSPS) is 22.2. The fourth-order valence-electron chi connectivity index (χ4n) is 1.84. The largest absolute Gasteiger partial charge is 0.502 e. The Morgan fingerprint density at radius 1 is 1.69 bits per heavy atom. The lowest BCUT2D eigenvalue weighted by atomic mass is 10.2. The van der Waals surface area contributed by atoms with Crippen LogP contribution in [-0.4, -0.2) is 35.7 Å². The lowest BCUT2D eigenvalue weighted by Crippen LogP contribution is -2.49. The standard InChI is InChI=1S/C11H16N2O3/c1-8-5-12-2-3-13(8)6-9-4-10(14)11(15)7-16-9/h4,7-8,12,15H,2-3,5-6H2,1H3. The van der Waals surface area contributed by atoms with E-state index in [1.165, 1.54) is 6.07 Å². The van der Waals surface area contributed by atoms with E-state index >= 15 is 0 Å². The van der Waals surface area contributed by atoms with Crippen molar-refractivity contribution >= 4 is 0 Å². The molecule has 0 aromatic carbocycles. The van der Waals surface area contributed by atoms with E-state index in [1.807, 2.05) is 0 Å². The molecule has 1 aliphatic heterocycles. The van der Waals surface area contributed by atoms with E-state index in [-0.39, 0.29) is 11.2 Å². The number of aromatic hydroxyl groups is 1. The lowest BCUT2D eigenvalue weighted by Gasteiger charge is -2.33. The second-order valence-corrected chi connectivity index (χ2v) is 4.12. The minimum absolute atomic E-state index is 0.336. The highest BCUT2D eigenvalue weighted by molar-refractivity contribution is 5.15. The maximum atomic E-state index is 11.2. The van der Waals surface area contributed by atoms with Crippen molar-refractivity contribution < 1.29 is 9.52 Å². The maximum Gasteiger partial charge on any atom is 0.226 e. The van der Waals surface area contributed by atoms with Crippen LogP contribution < -0.4 is 10.7 Å². The van der Waals surface area contributed by atoms with Gasteiger partial charge < -0.3 is 14.8 Å². The Kier molecular flexibility index (Phi) is 3.26. The predicted octanol–water partition coefficient (Wildman–Crippen LogP) is 0.139. The first-order valence-electron chi connectivity index (χ1n) is 5.42. The van der Waals surface area contributed by atoms with Crippen LogP contribution in [0, 0.1) is 0 Å². The van der Waals surface area contributed by atoms with Crippen molar-refractivity contribution in [3.05, 3.63) is 28.3 Å². The third-order valence-corrected chi connectivity index (χ3v) is 2.86. The molecule has 88 valence electrons. The summed E-state index contributed by atoms with van der Waals surface area (Å²) >= 11 is 0. The van der Waals surface area contributed by atoms with Crippen molar-refractivity contribution in [3.8, 4) is 5.75 Å². The zero-order chi connectivity index (χ0) is 11.5. The summed E-state index contributed by atoms with van der Waals surface area (Å²) < 4.78 is 5.18. The molecule has 16 heavy (non-hydrogen) atoms. The van der Waals surface area contributed by atoms with Gasteiger partial charge in [-0.05, 0) is 6.92 Å². The molecule has 5 nitrogen and oxygen atoms in total. The average Bonchev–Trinajstić information content (AvgIpc) is 2.27. The average molecular weight is 224 g/mol. The molecule has 0 radical (unpaired) electrons. The molecular formula is C11H16N2O3. The third-order valence-electron chi connectivity index (χ3n) is 2.86. The molecular weight excluding hydrogens is 208 g/mol. The van der Waals surface area contributed by atoms with Gasteiger partial charge in [0.1, 0.15) is 12.0 Å². The van der Waals surface area contributed by atoms with Gasteiger partial charge in [-0.1, -0.05) is 0 Å². The van der Waals surface area contributed by atoms with Crippen LogP contribution in [0.5, 0.6) is 5.75 Å². The topological polar surface area (TPSA) is 65.7 Å². The summed E-state index contributed by atoms with van der Waals surface area (Å²) in [5.74, 6) is 0.258. The molecule has 0 aliphatic carbocycles. The van der Waals surface area contributed by atoms with Gasteiger partial charge in [0.2, 0.25) is 5.43 Å². The highest BCUT2D eigenvalue weighted by Crippen LogP contribution is 2.10. The zero-order valence-corrected chi connectivity index (χ0v) is 9.27. The number of rotatable bonds is 2. The maximum absolute atomic E-state index is 11.2. The van der Waals surface area contributed by atoms with E-state index in [1.54, 1.807) is 0 Å². The van der Waals surface area contributed by atoms with Crippen LogP contribution in [0.2, 0.25) is 0 Å². The van der Waals surface area contributed by atoms with Crippen molar-refractivity contribution in [2.75, 3.05) is 19.6 Å². The molecule has 0 amide bonds. The summed E-state index contributed by atoms with van der Waals surface area (Å²) in [6, 6.07) is 1.78. The van der Waals surface area contributed by atoms with Gasteiger partial charge in [0, 0.05) is 31.7 Å². The summed E-state index contributed by atoms with van der Waals surface area (Å²) in [5.41, 5.74) is -0.385. The smallest absolute Gasteiger partial charge is 0.226 e. The minimum atomic E-state index is -0.385. The highest BCUT2D eigenvalue weighted by Gasteiger charge is 2.18. The summed E-state index contributed by atoms with van der Waals surface area (Å²) in [5, 5.41) is 12.4. The first-order chi connectivity index (χ1) is 7.66. The van der Waals surface area contributed by atoms with Gasteiger partial charge >= 0.3 is 0 Å². The van der Waals surface area contributed by atoms with E-state index in [0.717, 1.165) is 25.9 Å². The molecule has 1 aromatic heterocycles. The van der Waals surface area contributed by atoms with Gasteiger partial charge in [-0.15, -0.1) is 0 Å². The van der Waals surface area contributed by atoms with Crippen LogP contribution >= 0.6 is 0 Å². The number of hydrogen-bond acceptors (Lipinski definition) is 5. The Morgan fingerprint density at radius 3 is 3.19 bits per heavy atom. The number of piperazine rings is 1. The van der Waals surface area contributed by atoms with Crippen LogP contribution in [-0.2, 0) is 6.54 Å². The fraction of sp³-hybridized carbons (Fsp3) is 0.545. The molecule has 1 fully saturated rings. The SMILES string of the molecule is CC1CNCCN1Cc1cc(=O)c(O)co1. The molecule has 2 heterocycles. The Hall–Kier alpha value is -1.33. The predicted molar refractivity (Wildman–Crippen MR) is 59.4 cm³/mol. The van der Waals surface area contributed by atoms with Gasteiger partial charge in [0.15, 0.2) is 5.75 Å². The third kappa shape index (κ3) is 2.43. The van der Waals surface area contributed by atoms with Crippen molar-refractivity contribution in [2.24, 2.45) is 0 Å². The van der Waals surface area contributed by atoms with E-state index in [0.29, 0.717) is 18.3 Å². The van der Waals surface area contributed by atoms with Crippen LogP contribution in [0.4, 0.5) is 0 Å². The Bertz CT molecular complexity index is 416. The number of nitrogens with zero attached hydrogens (tertiary/aromatic N) is 1. The van der Waals surface area contributed by atoms with Crippen molar-refractivity contribution in [2.45, 2.75) is 19.5 Å². The van der Waals surface area contributed by atoms with Crippen LogP contribution in [0.3, 0.4) is 0 Å². The molecule has 2 N–H and O–H groups in total. The summed E-state index contributed by atoms with van der Waals surface area (Å²) in [4.78, 5) is 13.5. The molecule has 1 unspecified atom stereocenters. The molecule has 1 atom stereocenters. The van der Waals surface area contributed by atoms with Crippen LogP contribution in [0.25, 0.3) is 0 Å². The molecule has 0 spiro atoms. The van der Waals surface area contributed by atoms with E-state index in [9.17, 15) is 4.79 Å². The van der Waals surface area contributed by atoms with E-state index < -0.39 is 0 Å². The molecule has 0 saturated carbocycles. The molecule has 1 aliphatic rings. The molecule has 1 saturated heterocycles. The van der Waals surface area contributed by atoms with Crippen LogP contribution in [0.15, 0.2) is 21.5 Å². The monoisotopic (exact) mass is 224 g/mol. The van der Waals surface area contributed by atoms with Crippen LogP contribution in [0.1, 0.15) is 12.7 Å². The van der Waals surface area contributed by atoms with Crippen molar-refractivity contribution in [1.82, 2.24) is 10.2 Å². The number of hydrogen-bond donors (Lipinski definition) is 2. The molecule has 0 bridgehead atoms. The first kappa shape index (κ1) is 11.2. The van der Waals surface area contributed by atoms with Gasteiger partial charge in [-0.3, -0.25) is 9.69 Å². The Labute approximate surface area is 93.7 Å². The summed E-state index contributed by atoms with van der Waals surface area (Å²) in [7, 11) is 0. The van der Waals surface area contributed by atoms with Gasteiger partial charge in [0.25, 0.3) is 0 Å². The summed E-state index contributed by atoms with van der Waals surface area (Å²) in [6.07, 6.45) is 1.10. The van der Waals surface area contributed by atoms with Gasteiger partial charge in [-0.25, -0.2) is 0 Å². The second-order valence-electron chi connectivity index (χ2n) is 4.12. The second kappa shape index (κ2) is 4.67. The quantitative estimate of drug-likeness (QED) is 0.748. The van der Waals surface area contributed by atoms with E-state index in [2.05, 4.69) is 17.1 Å². The van der Waals surface area contributed by atoms with Crippen molar-refractivity contribution in [1.29, 1.82) is 0 Å². The highest BCUT2D eigenvalue weighted by atomic mass is 16.4. The van der Waals surface area contributed by atoms with Gasteiger partial charge in [0.05, 0.1) is 6.54 Å². The van der Waals surface area contributed by atoms with E-state index in [4.69, 9.17) is 9.52 Å². The molecule has 5 heteroatoms. The lowest BCUT2D eigenvalue weighted by molar-refractivity contribution is 0.152. The minimum Gasteiger partial charge on any atom is -0.502 e. The Balaban J connectivity index is 2.08. The first-order valence-corrected chi connectivity index (χ1v) is 5.42. The molecule has 1 aromatic rings. The zero-order valence-electron chi connectivity index (χ0n) is 9.27. The van der Waals surface area contributed by atoms with Gasteiger partial charge in [-0.2, -0.15) is 0 Å². The summed E-state index contributed by atoms with van der Waals surface area (Å²) in [6.45, 7) is 5.57.